The van der Waals surface area contributed by atoms with Crippen LogP contribution in [0.5, 0.6) is 0 Å². The minimum Gasteiger partial charge on any atom is -0.464 e. The molecule has 178 valence electrons. The third-order valence-corrected chi connectivity index (χ3v) is 5.99. The van der Waals surface area contributed by atoms with Gasteiger partial charge in [0.25, 0.3) is 11.8 Å². The van der Waals surface area contributed by atoms with Gasteiger partial charge in [0, 0.05) is 18.8 Å². The van der Waals surface area contributed by atoms with Crippen LogP contribution in [0, 0.1) is 0 Å². The van der Waals surface area contributed by atoms with E-state index in [-0.39, 0.29) is 39.4 Å². The zero-order valence-corrected chi connectivity index (χ0v) is 20.3. The number of hydrogen-bond donors (Lipinski definition) is 2. The second kappa shape index (κ2) is 11.5. The van der Waals surface area contributed by atoms with Gasteiger partial charge in [0.05, 0.1) is 27.8 Å². The molecule has 0 spiro atoms. The number of benzene rings is 1. The first kappa shape index (κ1) is 25.7. The number of nitrogens with two attached hydrogens (primary N) is 1. The maximum atomic E-state index is 13.1. The summed E-state index contributed by atoms with van der Waals surface area (Å²) in [5.41, 5.74) is 6.93. The molecule has 1 aromatic heterocycles. The van der Waals surface area contributed by atoms with Crippen molar-refractivity contribution in [2.75, 3.05) is 6.61 Å². The highest BCUT2D eigenvalue weighted by Crippen LogP contribution is 2.28. The second-order valence-corrected chi connectivity index (χ2v) is 8.33. The Hall–Kier alpha value is -2.91. The number of nitrogens with one attached hydrogen (secondary N) is 1. The lowest BCUT2D eigenvalue weighted by molar-refractivity contribution is -0.145. The van der Waals surface area contributed by atoms with Gasteiger partial charge < -0.3 is 15.8 Å². The summed E-state index contributed by atoms with van der Waals surface area (Å²) in [4.78, 5) is 43.5. The summed E-state index contributed by atoms with van der Waals surface area (Å²) < 4.78 is 5.12. The van der Waals surface area contributed by atoms with E-state index in [1.807, 2.05) is 0 Å². The van der Waals surface area contributed by atoms with Crippen LogP contribution in [-0.4, -0.2) is 46.5 Å². The van der Waals surface area contributed by atoms with Gasteiger partial charge in [0.1, 0.15) is 17.4 Å². The van der Waals surface area contributed by atoms with E-state index in [2.05, 4.69) is 10.3 Å². The predicted molar refractivity (Wildman–Crippen MR) is 130 cm³/mol. The number of esters is 1. The molecule has 2 amide bonds. The quantitative estimate of drug-likeness (QED) is 0.419. The van der Waals surface area contributed by atoms with Crippen molar-refractivity contribution in [1.82, 2.24) is 15.2 Å². The number of aromatic nitrogens is 1. The number of rotatable bonds is 7. The summed E-state index contributed by atoms with van der Waals surface area (Å²) >= 11 is 18.2. The van der Waals surface area contributed by atoms with E-state index in [0.29, 0.717) is 5.57 Å². The molecule has 1 aliphatic rings. The fourth-order valence-corrected chi connectivity index (χ4v) is 3.80. The zero-order valence-electron chi connectivity index (χ0n) is 18.0. The number of carbonyl (C=O) groups is 3. The normalized spacial score (nSPS) is 16.0. The van der Waals surface area contributed by atoms with Gasteiger partial charge >= 0.3 is 5.97 Å². The van der Waals surface area contributed by atoms with Crippen molar-refractivity contribution in [3.63, 3.8) is 0 Å². The third kappa shape index (κ3) is 5.95. The number of ether oxygens (including phenoxy) is 1. The van der Waals surface area contributed by atoms with Crippen LogP contribution in [0.25, 0.3) is 0 Å². The van der Waals surface area contributed by atoms with Crippen molar-refractivity contribution >= 4 is 52.6 Å². The summed E-state index contributed by atoms with van der Waals surface area (Å²) in [6, 6.07) is 6.70. The Balaban J connectivity index is 1.84. The van der Waals surface area contributed by atoms with Gasteiger partial charge in [-0.1, -0.05) is 46.9 Å². The number of nitrogens with zero attached hydrogens (tertiary/aromatic N) is 2. The van der Waals surface area contributed by atoms with Crippen LogP contribution in [-0.2, 0) is 9.53 Å². The van der Waals surface area contributed by atoms with E-state index >= 15 is 0 Å². The van der Waals surface area contributed by atoms with Gasteiger partial charge in [-0.2, -0.15) is 0 Å². The first-order chi connectivity index (χ1) is 16.2. The van der Waals surface area contributed by atoms with Gasteiger partial charge in [-0.05, 0) is 42.8 Å². The molecule has 34 heavy (non-hydrogen) atoms. The minimum absolute atomic E-state index is 0.000493. The van der Waals surface area contributed by atoms with Crippen molar-refractivity contribution in [2.45, 2.75) is 25.6 Å². The molecule has 0 fully saturated rings. The lowest BCUT2D eigenvalue weighted by atomic mass is 10.0. The molecule has 0 radical (unpaired) electrons. The molecular formula is C23H21Cl3N4O4. The van der Waals surface area contributed by atoms with E-state index in [4.69, 9.17) is 45.3 Å². The Morgan fingerprint density at radius 2 is 1.91 bits per heavy atom. The van der Waals surface area contributed by atoms with Gasteiger partial charge in [-0.15, -0.1) is 0 Å². The van der Waals surface area contributed by atoms with Crippen LogP contribution in [0.4, 0.5) is 0 Å². The molecule has 2 atom stereocenters. The van der Waals surface area contributed by atoms with Crippen LogP contribution in [0.15, 0.2) is 60.5 Å². The molecular weight excluding hydrogens is 503 g/mol. The van der Waals surface area contributed by atoms with Crippen molar-refractivity contribution in [2.24, 2.45) is 5.73 Å². The highest BCUT2D eigenvalue weighted by atomic mass is 35.5. The van der Waals surface area contributed by atoms with Crippen molar-refractivity contribution in [1.29, 1.82) is 0 Å². The van der Waals surface area contributed by atoms with Crippen molar-refractivity contribution in [3.8, 4) is 0 Å². The van der Waals surface area contributed by atoms with Gasteiger partial charge in [0.2, 0.25) is 0 Å². The Bertz CT molecular complexity index is 1170. The Labute approximate surface area is 211 Å². The van der Waals surface area contributed by atoms with E-state index in [0.717, 1.165) is 0 Å². The molecule has 2 unspecified atom stereocenters. The third-order valence-electron chi connectivity index (χ3n) is 4.87. The Kier molecular flexibility index (Phi) is 8.68. The Morgan fingerprint density at radius 3 is 2.62 bits per heavy atom. The molecule has 3 N–H and O–H groups in total. The Morgan fingerprint density at radius 1 is 1.18 bits per heavy atom. The molecule has 0 saturated heterocycles. The molecule has 0 saturated carbocycles. The molecule has 2 aromatic rings. The van der Waals surface area contributed by atoms with E-state index in [9.17, 15) is 14.4 Å². The number of pyridine rings is 1. The van der Waals surface area contributed by atoms with Crippen molar-refractivity contribution in [3.05, 3.63) is 86.8 Å². The van der Waals surface area contributed by atoms with Crippen LogP contribution >= 0.6 is 34.8 Å². The number of halogens is 3. The second-order valence-electron chi connectivity index (χ2n) is 7.19. The van der Waals surface area contributed by atoms with Crippen LogP contribution in [0.1, 0.15) is 34.1 Å². The average molecular weight is 524 g/mol. The number of hydrogen-bond acceptors (Lipinski definition) is 6. The monoisotopic (exact) mass is 522 g/mol. The van der Waals surface area contributed by atoms with Crippen LogP contribution in [0.2, 0.25) is 15.2 Å². The number of allylic oxidation sites excluding steroid dienone is 1. The first-order valence-electron chi connectivity index (χ1n) is 10.2. The largest absolute Gasteiger partial charge is 0.464 e. The van der Waals surface area contributed by atoms with Gasteiger partial charge in [0.15, 0.2) is 0 Å². The standard InChI is InChI=1S/C23H21Cl3N4O4/c1-2-34-23(33)17(29-21(31)15-6-4-10-28-20(15)26)11-13-8-9-18(27)30(12-13)22(32)14-5-3-7-16(24)19(14)25/h3-10,12,17-18H,2,11,27H2,1H3,(H,29,31). The molecule has 3 rings (SSSR count). The lowest BCUT2D eigenvalue weighted by Crippen LogP contribution is -2.44. The maximum Gasteiger partial charge on any atom is 0.328 e. The summed E-state index contributed by atoms with van der Waals surface area (Å²) in [5, 5.41) is 2.96. The van der Waals surface area contributed by atoms with E-state index < -0.39 is 30.0 Å². The van der Waals surface area contributed by atoms with Gasteiger partial charge in [-0.25, -0.2) is 9.78 Å². The van der Waals surface area contributed by atoms with Crippen molar-refractivity contribution < 1.29 is 19.1 Å². The number of amides is 2. The molecule has 11 heteroatoms. The fraction of sp³-hybridized carbons (Fsp3) is 0.217. The van der Waals surface area contributed by atoms with E-state index in [1.165, 1.54) is 29.4 Å². The lowest BCUT2D eigenvalue weighted by Gasteiger charge is -2.29. The maximum absolute atomic E-state index is 13.1. The van der Waals surface area contributed by atoms with Crippen LogP contribution in [0.3, 0.4) is 0 Å². The molecule has 0 aliphatic carbocycles. The minimum atomic E-state index is -1.05. The average Bonchev–Trinajstić information content (AvgIpc) is 2.81. The smallest absolute Gasteiger partial charge is 0.328 e. The highest BCUT2D eigenvalue weighted by Gasteiger charge is 2.28. The first-order valence-corrected chi connectivity index (χ1v) is 11.4. The predicted octanol–water partition coefficient (Wildman–Crippen LogP) is 3.97. The highest BCUT2D eigenvalue weighted by molar-refractivity contribution is 6.43. The summed E-state index contributed by atoms with van der Waals surface area (Å²) in [6.45, 7) is 1.78. The topological polar surface area (TPSA) is 115 Å². The SMILES string of the molecule is CCOC(=O)C(CC1=CN(C(=O)c2cccc(Cl)c2Cl)C(N)C=C1)NC(=O)c1cccnc1Cl. The fourth-order valence-electron chi connectivity index (χ4n) is 3.21. The number of carbonyl (C=O) groups excluding carboxylic acids is 3. The van der Waals surface area contributed by atoms with Crippen LogP contribution < -0.4 is 11.1 Å². The molecule has 1 aliphatic heterocycles. The summed E-state index contributed by atoms with van der Waals surface area (Å²) in [5.74, 6) is -1.71. The zero-order chi connectivity index (χ0) is 24.8. The summed E-state index contributed by atoms with van der Waals surface area (Å²) in [7, 11) is 0. The molecule has 8 nitrogen and oxygen atoms in total. The molecule has 2 heterocycles. The summed E-state index contributed by atoms with van der Waals surface area (Å²) in [6.07, 6.45) is 5.46. The van der Waals surface area contributed by atoms with Gasteiger partial charge in [-0.3, -0.25) is 14.5 Å². The molecule has 0 bridgehead atoms. The molecule has 1 aromatic carbocycles. The van der Waals surface area contributed by atoms with E-state index in [1.54, 1.807) is 37.3 Å².